The molecule has 1 aromatic heterocycles. The molecular formula is C20H26N4O3. The van der Waals surface area contributed by atoms with Gasteiger partial charge in [-0.2, -0.15) is 5.10 Å². The van der Waals surface area contributed by atoms with Gasteiger partial charge in [-0.25, -0.2) is 4.68 Å². The number of nitrogens with zero attached hydrogens (tertiary/aromatic N) is 3. The molecule has 1 aliphatic heterocycles. The molecule has 1 fully saturated rings. The van der Waals surface area contributed by atoms with Crippen molar-refractivity contribution in [1.29, 1.82) is 0 Å². The number of piperidine rings is 1. The highest BCUT2D eigenvalue weighted by molar-refractivity contribution is 5.95. The van der Waals surface area contributed by atoms with Crippen molar-refractivity contribution in [2.75, 3.05) is 26.7 Å². The zero-order chi connectivity index (χ0) is 19.2. The summed E-state index contributed by atoms with van der Waals surface area (Å²) < 4.78 is 7.02. The van der Waals surface area contributed by atoms with E-state index in [0.29, 0.717) is 43.9 Å². The summed E-state index contributed by atoms with van der Waals surface area (Å²) >= 11 is 0. The molecule has 7 nitrogen and oxygen atoms in total. The highest BCUT2D eigenvalue weighted by atomic mass is 16.5. The van der Waals surface area contributed by atoms with Gasteiger partial charge in [-0.05, 0) is 31.4 Å². The van der Waals surface area contributed by atoms with E-state index in [9.17, 15) is 9.59 Å². The van der Waals surface area contributed by atoms with Crippen molar-refractivity contribution in [2.45, 2.75) is 26.2 Å². The SMILES string of the molecule is CCCNC(=O)C1CCN(C(=O)c2nn(-c3ccccc3)cc2OC)CC1. The molecule has 0 unspecified atom stereocenters. The Labute approximate surface area is 159 Å². The monoisotopic (exact) mass is 370 g/mol. The summed E-state index contributed by atoms with van der Waals surface area (Å²) in [5, 5.41) is 7.38. The van der Waals surface area contributed by atoms with Gasteiger partial charge >= 0.3 is 0 Å². The Kier molecular flexibility index (Phi) is 6.11. The van der Waals surface area contributed by atoms with Gasteiger partial charge in [-0.3, -0.25) is 9.59 Å². The fourth-order valence-electron chi connectivity index (χ4n) is 3.26. The van der Waals surface area contributed by atoms with Crippen LogP contribution in [0.15, 0.2) is 36.5 Å². The molecule has 0 saturated carbocycles. The Morgan fingerprint density at radius 2 is 1.93 bits per heavy atom. The largest absolute Gasteiger partial charge is 0.493 e. The number of benzene rings is 1. The lowest BCUT2D eigenvalue weighted by Gasteiger charge is -2.31. The summed E-state index contributed by atoms with van der Waals surface area (Å²) in [4.78, 5) is 26.8. The normalized spacial score (nSPS) is 14.8. The van der Waals surface area contributed by atoms with Crippen molar-refractivity contribution in [3.63, 3.8) is 0 Å². The van der Waals surface area contributed by atoms with E-state index < -0.39 is 0 Å². The summed E-state index contributed by atoms with van der Waals surface area (Å²) in [5.74, 6) is 0.361. The Morgan fingerprint density at radius 3 is 2.56 bits per heavy atom. The van der Waals surface area contributed by atoms with Crippen LogP contribution in [0.5, 0.6) is 5.75 Å². The van der Waals surface area contributed by atoms with Crippen LogP contribution in [0.2, 0.25) is 0 Å². The van der Waals surface area contributed by atoms with Crippen LogP contribution in [0.1, 0.15) is 36.7 Å². The number of carbonyl (C=O) groups excluding carboxylic acids is 2. The van der Waals surface area contributed by atoms with E-state index in [0.717, 1.165) is 12.1 Å². The second kappa shape index (κ2) is 8.70. The van der Waals surface area contributed by atoms with E-state index in [1.807, 2.05) is 37.3 Å². The second-order valence-corrected chi connectivity index (χ2v) is 6.68. The molecule has 1 aromatic carbocycles. The van der Waals surface area contributed by atoms with Crippen LogP contribution >= 0.6 is 0 Å². The maximum Gasteiger partial charge on any atom is 0.278 e. The standard InChI is InChI=1S/C20H26N4O3/c1-3-11-21-19(25)15-9-12-23(13-10-15)20(26)18-17(27-2)14-24(22-18)16-7-5-4-6-8-16/h4-8,14-15H,3,9-13H2,1-2H3,(H,21,25). The first-order valence-corrected chi connectivity index (χ1v) is 9.40. The maximum absolute atomic E-state index is 12.9. The molecule has 144 valence electrons. The fraction of sp³-hybridized carbons (Fsp3) is 0.450. The third-order valence-electron chi connectivity index (χ3n) is 4.83. The summed E-state index contributed by atoms with van der Waals surface area (Å²) in [6.07, 6.45) is 3.98. The van der Waals surface area contributed by atoms with Gasteiger partial charge in [0.15, 0.2) is 11.4 Å². The van der Waals surface area contributed by atoms with Crippen LogP contribution in [0.4, 0.5) is 0 Å². The smallest absolute Gasteiger partial charge is 0.278 e. The zero-order valence-electron chi connectivity index (χ0n) is 15.9. The Balaban J connectivity index is 1.68. The van der Waals surface area contributed by atoms with Gasteiger partial charge in [-0.15, -0.1) is 0 Å². The number of aromatic nitrogens is 2. The van der Waals surface area contributed by atoms with Gasteiger partial charge < -0.3 is 15.0 Å². The predicted molar refractivity (Wildman–Crippen MR) is 102 cm³/mol. The minimum Gasteiger partial charge on any atom is -0.493 e. The van der Waals surface area contributed by atoms with E-state index in [-0.39, 0.29) is 17.7 Å². The van der Waals surface area contributed by atoms with Gasteiger partial charge in [-0.1, -0.05) is 25.1 Å². The van der Waals surface area contributed by atoms with Crippen molar-refractivity contribution in [3.05, 3.63) is 42.2 Å². The third kappa shape index (κ3) is 4.30. The van der Waals surface area contributed by atoms with Crippen LogP contribution in [-0.2, 0) is 4.79 Å². The minimum atomic E-state index is -0.158. The van der Waals surface area contributed by atoms with Gasteiger partial charge in [0, 0.05) is 25.6 Å². The molecule has 3 rings (SSSR count). The van der Waals surface area contributed by atoms with Crippen LogP contribution in [0, 0.1) is 5.92 Å². The molecule has 0 radical (unpaired) electrons. The van der Waals surface area contributed by atoms with Crippen LogP contribution in [0.25, 0.3) is 5.69 Å². The van der Waals surface area contributed by atoms with Crippen molar-refractivity contribution < 1.29 is 14.3 Å². The molecular weight excluding hydrogens is 344 g/mol. The quantitative estimate of drug-likeness (QED) is 0.846. The Hall–Kier alpha value is -2.83. The Bertz CT molecular complexity index is 780. The molecule has 2 amide bonds. The topological polar surface area (TPSA) is 76.5 Å². The molecule has 1 aliphatic rings. The lowest BCUT2D eigenvalue weighted by molar-refractivity contribution is -0.126. The van der Waals surface area contributed by atoms with Crippen molar-refractivity contribution in [3.8, 4) is 11.4 Å². The molecule has 0 spiro atoms. The summed E-state index contributed by atoms with van der Waals surface area (Å²) in [7, 11) is 1.54. The van der Waals surface area contributed by atoms with E-state index >= 15 is 0 Å². The summed E-state index contributed by atoms with van der Waals surface area (Å²) in [5.41, 5.74) is 1.16. The van der Waals surface area contributed by atoms with Crippen LogP contribution in [-0.4, -0.2) is 53.2 Å². The number of likely N-dealkylation sites (tertiary alicyclic amines) is 1. The molecule has 2 aromatic rings. The fourth-order valence-corrected chi connectivity index (χ4v) is 3.26. The number of hydrogen-bond donors (Lipinski definition) is 1. The molecule has 1 N–H and O–H groups in total. The first kappa shape index (κ1) is 18.9. The van der Waals surface area contributed by atoms with Gasteiger partial charge in [0.25, 0.3) is 5.91 Å². The number of para-hydroxylation sites is 1. The molecule has 0 atom stereocenters. The van der Waals surface area contributed by atoms with Crippen molar-refractivity contribution in [1.82, 2.24) is 20.0 Å². The molecule has 1 saturated heterocycles. The van der Waals surface area contributed by atoms with E-state index in [4.69, 9.17) is 4.74 Å². The number of rotatable bonds is 6. The minimum absolute atomic E-state index is 0.0237. The Morgan fingerprint density at radius 1 is 1.22 bits per heavy atom. The van der Waals surface area contributed by atoms with Crippen molar-refractivity contribution >= 4 is 11.8 Å². The lowest BCUT2D eigenvalue weighted by Crippen LogP contribution is -2.43. The van der Waals surface area contributed by atoms with Crippen LogP contribution < -0.4 is 10.1 Å². The van der Waals surface area contributed by atoms with E-state index in [1.165, 1.54) is 7.11 Å². The number of hydrogen-bond acceptors (Lipinski definition) is 4. The van der Waals surface area contributed by atoms with Gasteiger partial charge in [0.05, 0.1) is 19.0 Å². The first-order chi connectivity index (χ1) is 13.1. The van der Waals surface area contributed by atoms with E-state index in [1.54, 1.807) is 15.8 Å². The van der Waals surface area contributed by atoms with E-state index in [2.05, 4.69) is 10.4 Å². The second-order valence-electron chi connectivity index (χ2n) is 6.68. The molecule has 2 heterocycles. The zero-order valence-corrected chi connectivity index (χ0v) is 15.9. The summed E-state index contributed by atoms with van der Waals surface area (Å²) in [6, 6.07) is 9.60. The molecule has 0 aliphatic carbocycles. The average Bonchev–Trinajstić information content (AvgIpc) is 3.16. The van der Waals surface area contributed by atoms with Gasteiger partial charge in [0.2, 0.25) is 5.91 Å². The molecule has 7 heteroatoms. The maximum atomic E-state index is 12.9. The third-order valence-corrected chi connectivity index (χ3v) is 4.83. The number of carbonyl (C=O) groups is 2. The number of amides is 2. The first-order valence-electron chi connectivity index (χ1n) is 9.40. The highest BCUT2D eigenvalue weighted by Crippen LogP contribution is 2.24. The number of methoxy groups -OCH3 is 1. The van der Waals surface area contributed by atoms with Crippen molar-refractivity contribution in [2.24, 2.45) is 5.92 Å². The average molecular weight is 370 g/mol. The highest BCUT2D eigenvalue weighted by Gasteiger charge is 2.30. The number of ether oxygens (including phenoxy) is 1. The lowest BCUT2D eigenvalue weighted by atomic mass is 9.95. The molecule has 27 heavy (non-hydrogen) atoms. The van der Waals surface area contributed by atoms with Gasteiger partial charge in [0.1, 0.15) is 0 Å². The van der Waals surface area contributed by atoms with Crippen LogP contribution in [0.3, 0.4) is 0 Å². The predicted octanol–water partition coefficient (Wildman–Crippen LogP) is 2.26. The summed E-state index contributed by atoms with van der Waals surface area (Å²) in [6.45, 7) is 3.82. The molecule has 0 bridgehead atoms. The number of nitrogens with one attached hydrogen (secondary N) is 1.